The minimum absolute atomic E-state index is 0.217. The number of nitrogens with zero attached hydrogens (tertiary/aromatic N) is 3. The SMILES string of the molecule is [2H]c1nc([2H])nc(-c2cccc3c2oc2c([Si](C)(C)C)cccc23)n1. The Hall–Kier alpha value is -2.53. The number of para-hydroxylation sites is 2. The first kappa shape index (κ1) is 12.0. The molecule has 0 saturated carbocycles. The summed E-state index contributed by atoms with van der Waals surface area (Å²) in [4.78, 5) is 11.8. The topological polar surface area (TPSA) is 51.8 Å². The van der Waals surface area contributed by atoms with Crippen molar-refractivity contribution < 1.29 is 7.16 Å². The Bertz CT molecular complexity index is 1100. The van der Waals surface area contributed by atoms with Crippen LogP contribution in [-0.4, -0.2) is 23.0 Å². The molecule has 0 N–H and O–H groups in total. The van der Waals surface area contributed by atoms with Crippen molar-refractivity contribution in [3.05, 3.63) is 49.0 Å². The predicted octanol–water partition coefficient (Wildman–Crippen LogP) is 3.98. The Labute approximate surface area is 138 Å². The highest BCUT2D eigenvalue weighted by atomic mass is 28.3. The summed E-state index contributed by atoms with van der Waals surface area (Å²) in [5.41, 5.74) is 2.28. The van der Waals surface area contributed by atoms with E-state index < -0.39 is 8.07 Å². The van der Waals surface area contributed by atoms with Crippen LogP contribution in [0.4, 0.5) is 0 Å². The van der Waals surface area contributed by atoms with Gasteiger partial charge in [-0.2, -0.15) is 0 Å². The van der Waals surface area contributed by atoms with Gasteiger partial charge in [0.15, 0.2) is 5.82 Å². The van der Waals surface area contributed by atoms with E-state index in [1.165, 1.54) is 5.19 Å². The zero-order chi connectivity index (χ0) is 17.8. The molecule has 4 aromatic rings. The number of rotatable bonds is 2. The number of hydrogen-bond donors (Lipinski definition) is 0. The molecule has 0 aliphatic rings. The second-order valence-electron chi connectivity index (χ2n) is 6.58. The zero-order valence-electron chi connectivity index (χ0n) is 15.2. The number of furan rings is 1. The van der Waals surface area contributed by atoms with E-state index in [1.807, 2.05) is 18.2 Å². The van der Waals surface area contributed by atoms with Gasteiger partial charge in [0.1, 0.15) is 26.5 Å². The average Bonchev–Trinajstić information content (AvgIpc) is 2.91. The van der Waals surface area contributed by atoms with Crippen LogP contribution in [0, 0.1) is 0 Å². The molecule has 0 bridgehead atoms. The standard InChI is InChI=1S/C18H17N3OSi/c1-23(2,3)15-9-5-7-13-12-6-4-8-14(16(12)22-17(13)15)18-20-10-19-11-21-18/h4-11H,1-3H3/i10D,11D. The van der Waals surface area contributed by atoms with Crippen molar-refractivity contribution in [2.24, 2.45) is 0 Å². The van der Waals surface area contributed by atoms with Crippen LogP contribution in [0.25, 0.3) is 33.3 Å². The highest BCUT2D eigenvalue weighted by Crippen LogP contribution is 2.34. The lowest BCUT2D eigenvalue weighted by Gasteiger charge is -2.16. The summed E-state index contributed by atoms with van der Waals surface area (Å²) >= 11 is 0. The van der Waals surface area contributed by atoms with Gasteiger partial charge in [-0.25, -0.2) is 15.0 Å². The quantitative estimate of drug-likeness (QED) is 0.524. The maximum Gasteiger partial charge on any atom is 0.166 e. The third-order valence-electron chi connectivity index (χ3n) is 3.99. The van der Waals surface area contributed by atoms with E-state index in [0.29, 0.717) is 17.0 Å². The van der Waals surface area contributed by atoms with E-state index in [1.54, 1.807) is 0 Å². The fraction of sp³-hybridized carbons (Fsp3) is 0.167. The highest BCUT2D eigenvalue weighted by Gasteiger charge is 2.23. The summed E-state index contributed by atoms with van der Waals surface area (Å²) in [5.74, 6) is 0.296. The van der Waals surface area contributed by atoms with Gasteiger partial charge in [-0.3, -0.25) is 0 Å². The monoisotopic (exact) mass is 321 g/mol. The molecule has 2 heterocycles. The first-order chi connectivity index (χ1) is 11.8. The first-order valence-electron chi connectivity index (χ1n) is 8.49. The van der Waals surface area contributed by atoms with Crippen LogP contribution < -0.4 is 5.19 Å². The molecule has 0 saturated heterocycles. The first-order valence-corrected chi connectivity index (χ1v) is 11.0. The molecule has 0 fully saturated rings. The van der Waals surface area contributed by atoms with Gasteiger partial charge in [-0.05, 0) is 11.3 Å². The van der Waals surface area contributed by atoms with Crippen LogP contribution in [-0.2, 0) is 0 Å². The zero-order valence-corrected chi connectivity index (χ0v) is 14.2. The summed E-state index contributed by atoms with van der Waals surface area (Å²) in [6, 6.07) is 12.1. The van der Waals surface area contributed by atoms with E-state index in [-0.39, 0.29) is 12.6 Å². The summed E-state index contributed by atoms with van der Waals surface area (Å²) in [5, 5.41) is 3.33. The number of aromatic nitrogens is 3. The molecule has 0 atom stereocenters. The van der Waals surface area contributed by atoms with E-state index in [4.69, 9.17) is 7.16 Å². The molecule has 2 aromatic heterocycles. The second kappa shape index (κ2) is 4.99. The van der Waals surface area contributed by atoms with Crippen LogP contribution in [0.1, 0.15) is 2.74 Å². The fourth-order valence-corrected chi connectivity index (χ4v) is 4.36. The molecule has 4 rings (SSSR count). The van der Waals surface area contributed by atoms with E-state index in [2.05, 4.69) is 52.8 Å². The van der Waals surface area contributed by atoms with Crippen molar-refractivity contribution in [2.45, 2.75) is 19.6 Å². The Morgan fingerprint density at radius 1 is 0.913 bits per heavy atom. The lowest BCUT2D eigenvalue weighted by Crippen LogP contribution is -2.37. The van der Waals surface area contributed by atoms with Gasteiger partial charge in [0, 0.05) is 10.8 Å². The number of fused-ring (bicyclic) bond motifs is 3. The van der Waals surface area contributed by atoms with Gasteiger partial charge in [0.2, 0.25) is 0 Å². The van der Waals surface area contributed by atoms with Crippen LogP contribution in [0.2, 0.25) is 19.6 Å². The second-order valence-corrected chi connectivity index (χ2v) is 11.6. The molecule has 0 unspecified atom stereocenters. The van der Waals surface area contributed by atoms with Crippen LogP contribution in [0.5, 0.6) is 0 Å². The molecule has 0 amide bonds. The molecular weight excluding hydrogens is 302 g/mol. The largest absolute Gasteiger partial charge is 0.455 e. The maximum atomic E-state index is 7.65. The molecule has 0 aliphatic carbocycles. The Balaban J connectivity index is 2.08. The summed E-state index contributed by atoms with van der Waals surface area (Å²) < 4.78 is 21.6. The van der Waals surface area contributed by atoms with Gasteiger partial charge in [0.05, 0.1) is 13.6 Å². The van der Waals surface area contributed by atoms with Crippen molar-refractivity contribution in [1.82, 2.24) is 15.0 Å². The van der Waals surface area contributed by atoms with Crippen LogP contribution in [0.3, 0.4) is 0 Å². The maximum absolute atomic E-state index is 7.65. The van der Waals surface area contributed by atoms with Gasteiger partial charge in [0.25, 0.3) is 0 Å². The third-order valence-corrected chi connectivity index (χ3v) is 5.99. The smallest absolute Gasteiger partial charge is 0.166 e. The molecule has 5 heteroatoms. The Kier molecular flexibility index (Phi) is 2.60. The van der Waals surface area contributed by atoms with Crippen molar-refractivity contribution in [1.29, 1.82) is 0 Å². The van der Waals surface area contributed by atoms with Gasteiger partial charge in [-0.15, -0.1) is 0 Å². The Morgan fingerprint density at radius 2 is 1.57 bits per heavy atom. The number of hydrogen-bond acceptors (Lipinski definition) is 4. The van der Waals surface area contributed by atoms with E-state index in [9.17, 15) is 0 Å². The molecule has 0 aliphatic heterocycles. The average molecular weight is 321 g/mol. The van der Waals surface area contributed by atoms with Crippen molar-refractivity contribution in [3.63, 3.8) is 0 Å². The highest BCUT2D eigenvalue weighted by molar-refractivity contribution is 6.90. The molecule has 23 heavy (non-hydrogen) atoms. The summed E-state index contributed by atoms with van der Waals surface area (Å²) in [6.07, 6.45) is -0.434. The van der Waals surface area contributed by atoms with Gasteiger partial charge < -0.3 is 4.42 Å². The molecule has 114 valence electrons. The minimum Gasteiger partial charge on any atom is -0.455 e. The minimum atomic E-state index is -1.57. The normalized spacial score (nSPS) is 13.3. The molecule has 4 nitrogen and oxygen atoms in total. The van der Waals surface area contributed by atoms with Gasteiger partial charge in [-0.1, -0.05) is 50.0 Å². The Morgan fingerprint density at radius 3 is 2.26 bits per heavy atom. The van der Waals surface area contributed by atoms with E-state index in [0.717, 1.165) is 16.4 Å². The van der Waals surface area contributed by atoms with Crippen molar-refractivity contribution in [3.8, 4) is 11.4 Å². The van der Waals surface area contributed by atoms with Crippen molar-refractivity contribution in [2.75, 3.05) is 0 Å². The lowest BCUT2D eigenvalue weighted by molar-refractivity contribution is 0.671. The molecule has 2 aromatic carbocycles. The van der Waals surface area contributed by atoms with E-state index >= 15 is 0 Å². The fourth-order valence-electron chi connectivity index (χ4n) is 2.90. The summed E-state index contributed by atoms with van der Waals surface area (Å²) in [7, 11) is -1.57. The van der Waals surface area contributed by atoms with Crippen molar-refractivity contribution >= 4 is 35.2 Å². The van der Waals surface area contributed by atoms with Crippen LogP contribution >= 0.6 is 0 Å². The molecule has 0 spiro atoms. The number of benzene rings is 2. The predicted molar refractivity (Wildman–Crippen MR) is 95.5 cm³/mol. The van der Waals surface area contributed by atoms with Gasteiger partial charge >= 0.3 is 0 Å². The summed E-state index contributed by atoms with van der Waals surface area (Å²) in [6.45, 7) is 6.88. The molecule has 0 radical (unpaired) electrons. The van der Waals surface area contributed by atoms with Crippen LogP contribution in [0.15, 0.2) is 53.4 Å². The molecular formula is C18H17N3OSi. The third kappa shape index (κ3) is 2.24. The lowest BCUT2D eigenvalue weighted by atomic mass is 10.1.